The number of aryl methyl sites for hydroxylation is 2. The van der Waals surface area contributed by atoms with E-state index in [1.54, 1.807) is 42.2 Å². The number of amides is 2. The van der Waals surface area contributed by atoms with E-state index in [9.17, 15) is 9.59 Å². The molecule has 0 unspecified atom stereocenters. The molecule has 0 fully saturated rings. The zero-order valence-electron chi connectivity index (χ0n) is 15.2. The van der Waals surface area contributed by atoms with Crippen molar-refractivity contribution in [1.82, 2.24) is 19.6 Å². The minimum atomic E-state index is -0.364. The predicted molar refractivity (Wildman–Crippen MR) is 106 cm³/mol. The van der Waals surface area contributed by atoms with E-state index in [0.717, 1.165) is 10.2 Å². The lowest BCUT2D eigenvalue weighted by atomic mass is 10.2. The number of nitrogens with zero attached hydrogens (tertiary/aromatic N) is 4. The SMILES string of the molecule is CCn1ncc(NC(=O)c2ccc(Br)cc2)c1C(=O)Nc1cnn(C)c1C. The van der Waals surface area contributed by atoms with E-state index in [-0.39, 0.29) is 17.5 Å². The fourth-order valence-corrected chi connectivity index (χ4v) is 2.82. The first-order chi connectivity index (χ1) is 12.9. The van der Waals surface area contributed by atoms with Crippen molar-refractivity contribution in [2.75, 3.05) is 10.6 Å². The van der Waals surface area contributed by atoms with E-state index in [0.29, 0.717) is 23.5 Å². The summed E-state index contributed by atoms with van der Waals surface area (Å²) in [6.07, 6.45) is 3.06. The molecule has 0 saturated carbocycles. The monoisotopic (exact) mass is 430 g/mol. The van der Waals surface area contributed by atoms with Crippen LogP contribution in [0.15, 0.2) is 41.1 Å². The Morgan fingerprint density at radius 2 is 1.67 bits per heavy atom. The second-order valence-electron chi connectivity index (χ2n) is 5.91. The van der Waals surface area contributed by atoms with E-state index in [2.05, 4.69) is 36.8 Å². The molecule has 0 aliphatic heterocycles. The first-order valence-electron chi connectivity index (χ1n) is 8.33. The van der Waals surface area contributed by atoms with Gasteiger partial charge in [0.15, 0.2) is 0 Å². The fourth-order valence-electron chi connectivity index (χ4n) is 2.55. The van der Waals surface area contributed by atoms with E-state index in [4.69, 9.17) is 0 Å². The zero-order valence-corrected chi connectivity index (χ0v) is 16.7. The van der Waals surface area contributed by atoms with Crippen LogP contribution in [0.2, 0.25) is 0 Å². The fraction of sp³-hybridized carbons (Fsp3) is 0.222. The van der Waals surface area contributed by atoms with Gasteiger partial charge >= 0.3 is 0 Å². The van der Waals surface area contributed by atoms with Gasteiger partial charge in [-0.15, -0.1) is 0 Å². The van der Waals surface area contributed by atoms with Crippen molar-refractivity contribution < 1.29 is 9.59 Å². The van der Waals surface area contributed by atoms with Gasteiger partial charge in [0.05, 0.1) is 29.5 Å². The highest BCUT2D eigenvalue weighted by Crippen LogP contribution is 2.20. The van der Waals surface area contributed by atoms with Crippen LogP contribution in [0, 0.1) is 6.92 Å². The predicted octanol–water partition coefficient (Wildman–Crippen LogP) is 3.21. The van der Waals surface area contributed by atoms with Gasteiger partial charge in [-0.05, 0) is 38.1 Å². The Labute approximate surface area is 164 Å². The van der Waals surface area contributed by atoms with Crippen molar-refractivity contribution in [2.45, 2.75) is 20.4 Å². The van der Waals surface area contributed by atoms with E-state index < -0.39 is 0 Å². The van der Waals surface area contributed by atoms with Crippen molar-refractivity contribution in [3.63, 3.8) is 0 Å². The van der Waals surface area contributed by atoms with Gasteiger partial charge in [0.1, 0.15) is 5.69 Å². The minimum Gasteiger partial charge on any atom is -0.319 e. The highest BCUT2D eigenvalue weighted by Gasteiger charge is 2.21. The van der Waals surface area contributed by atoms with Crippen molar-refractivity contribution in [1.29, 1.82) is 0 Å². The molecule has 2 N–H and O–H groups in total. The summed E-state index contributed by atoms with van der Waals surface area (Å²) in [6, 6.07) is 6.96. The van der Waals surface area contributed by atoms with Gasteiger partial charge in [-0.25, -0.2) is 0 Å². The highest BCUT2D eigenvalue weighted by atomic mass is 79.9. The van der Waals surface area contributed by atoms with Gasteiger partial charge in [-0.2, -0.15) is 10.2 Å². The molecule has 0 bridgehead atoms. The Morgan fingerprint density at radius 3 is 2.26 bits per heavy atom. The normalized spacial score (nSPS) is 10.7. The molecule has 0 saturated heterocycles. The molecular formula is C18H19BrN6O2. The largest absolute Gasteiger partial charge is 0.319 e. The lowest BCUT2D eigenvalue weighted by molar-refractivity contribution is 0.101. The molecule has 3 aromatic rings. The molecule has 0 radical (unpaired) electrons. The number of rotatable bonds is 5. The minimum absolute atomic E-state index is 0.284. The van der Waals surface area contributed by atoms with Gasteiger partial charge in [0, 0.05) is 23.6 Å². The second-order valence-corrected chi connectivity index (χ2v) is 6.82. The van der Waals surface area contributed by atoms with Crippen molar-refractivity contribution >= 4 is 39.1 Å². The third-order valence-corrected chi connectivity index (χ3v) is 4.72. The van der Waals surface area contributed by atoms with Crippen molar-refractivity contribution in [3.05, 3.63) is 58.1 Å². The third-order valence-electron chi connectivity index (χ3n) is 4.19. The highest BCUT2D eigenvalue weighted by molar-refractivity contribution is 9.10. The molecular weight excluding hydrogens is 412 g/mol. The van der Waals surface area contributed by atoms with Crippen LogP contribution in [-0.4, -0.2) is 31.4 Å². The Hall–Kier alpha value is -2.94. The van der Waals surface area contributed by atoms with Crippen LogP contribution >= 0.6 is 15.9 Å². The molecule has 2 amide bonds. The summed E-state index contributed by atoms with van der Waals surface area (Å²) in [5.74, 6) is -0.679. The molecule has 1 aromatic carbocycles. The molecule has 27 heavy (non-hydrogen) atoms. The van der Waals surface area contributed by atoms with Crippen LogP contribution in [0.4, 0.5) is 11.4 Å². The van der Waals surface area contributed by atoms with E-state index >= 15 is 0 Å². The van der Waals surface area contributed by atoms with Gasteiger partial charge in [-0.3, -0.25) is 19.0 Å². The van der Waals surface area contributed by atoms with Gasteiger partial charge < -0.3 is 10.6 Å². The van der Waals surface area contributed by atoms with Crippen LogP contribution in [0.5, 0.6) is 0 Å². The van der Waals surface area contributed by atoms with Crippen LogP contribution in [0.1, 0.15) is 33.5 Å². The number of anilines is 2. The van der Waals surface area contributed by atoms with E-state index in [1.165, 1.54) is 10.9 Å². The van der Waals surface area contributed by atoms with Crippen LogP contribution in [0.3, 0.4) is 0 Å². The van der Waals surface area contributed by atoms with Crippen LogP contribution in [-0.2, 0) is 13.6 Å². The average molecular weight is 431 g/mol. The van der Waals surface area contributed by atoms with E-state index in [1.807, 2.05) is 13.8 Å². The Bertz CT molecular complexity index is 990. The molecule has 9 heteroatoms. The third kappa shape index (κ3) is 3.92. The maximum absolute atomic E-state index is 12.8. The van der Waals surface area contributed by atoms with Crippen molar-refractivity contribution in [2.24, 2.45) is 7.05 Å². The standard InChI is InChI=1S/C18H19BrN6O2/c1-4-25-16(18(27)22-14-9-20-24(3)11(14)2)15(10-21-25)23-17(26)12-5-7-13(19)8-6-12/h5-10H,4H2,1-3H3,(H,22,27)(H,23,26). The lowest BCUT2D eigenvalue weighted by Gasteiger charge is -2.10. The Morgan fingerprint density at radius 1 is 1.04 bits per heavy atom. The number of carbonyl (C=O) groups excluding carboxylic acids is 2. The summed E-state index contributed by atoms with van der Waals surface area (Å²) < 4.78 is 4.09. The molecule has 8 nitrogen and oxygen atoms in total. The van der Waals surface area contributed by atoms with Gasteiger partial charge in [0.2, 0.25) is 0 Å². The molecule has 0 aliphatic carbocycles. The van der Waals surface area contributed by atoms with Crippen LogP contribution in [0.25, 0.3) is 0 Å². The number of nitrogens with one attached hydrogen (secondary N) is 2. The quantitative estimate of drug-likeness (QED) is 0.649. The molecule has 2 heterocycles. The summed E-state index contributed by atoms with van der Waals surface area (Å²) >= 11 is 3.34. The van der Waals surface area contributed by atoms with Crippen molar-refractivity contribution in [3.8, 4) is 0 Å². The number of halogens is 1. The second kappa shape index (κ2) is 7.75. The molecule has 0 spiro atoms. The molecule has 2 aromatic heterocycles. The smallest absolute Gasteiger partial charge is 0.276 e. The molecule has 0 aliphatic rings. The summed E-state index contributed by atoms with van der Waals surface area (Å²) in [5.41, 5.74) is 2.55. The number of aromatic nitrogens is 4. The maximum Gasteiger partial charge on any atom is 0.276 e. The number of benzene rings is 1. The summed E-state index contributed by atoms with van der Waals surface area (Å²) in [4.78, 5) is 25.3. The lowest BCUT2D eigenvalue weighted by Crippen LogP contribution is -2.21. The first-order valence-corrected chi connectivity index (χ1v) is 9.12. The summed E-state index contributed by atoms with van der Waals surface area (Å²) in [6.45, 7) is 4.22. The van der Waals surface area contributed by atoms with Gasteiger partial charge in [-0.1, -0.05) is 15.9 Å². The Kier molecular flexibility index (Phi) is 5.41. The molecule has 3 rings (SSSR count). The maximum atomic E-state index is 12.8. The molecule has 0 atom stereocenters. The average Bonchev–Trinajstić information content (AvgIpc) is 3.20. The summed E-state index contributed by atoms with van der Waals surface area (Å²) in [7, 11) is 1.80. The first kappa shape index (κ1) is 18.8. The number of hydrogen-bond donors (Lipinski definition) is 2. The van der Waals surface area contributed by atoms with Crippen LogP contribution < -0.4 is 10.6 Å². The number of hydrogen-bond acceptors (Lipinski definition) is 4. The topological polar surface area (TPSA) is 93.8 Å². The van der Waals surface area contributed by atoms with Gasteiger partial charge in [0.25, 0.3) is 11.8 Å². The summed E-state index contributed by atoms with van der Waals surface area (Å²) in [5, 5.41) is 13.9. The zero-order chi connectivity index (χ0) is 19.6. The molecule has 140 valence electrons. The number of carbonyl (C=O) groups is 2. The Balaban J connectivity index is 1.86.